The Bertz CT molecular complexity index is 2100. The normalized spacial score (nSPS) is 12.6. The van der Waals surface area contributed by atoms with E-state index in [0.29, 0.717) is 0 Å². The van der Waals surface area contributed by atoms with Crippen molar-refractivity contribution in [3.8, 4) is 33.6 Å². The Kier molecular flexibility index (Phi) is 7.92. The standard InChI is InChI=1S/C31H24N.C11H8N.Ir/c1-18-14-19(2)25-10-11-27-26(28(25)15-18)12-13-32-31(27)24-16-22-8-6-20-4-3-5-21-7-9-23(17-24)30(22)29(20)21;1-2-6-10(7-3-1)11-8-4-5-9-12-11;/h3-5,10-16H,6-9H2,1-2H3;1-6,8-9H;/q2*-1;. The van der Waals surface area contributed by atoms with Gasteiger partial charge in [0.05, 0.1) is 0 Å². The van der Waals surface area contributed by atoms with E-state index in [9.17, 15) is 0 Å². The molecule has 9 rings (SSSR count). The van der Waals surface area contributed by atoms with Crippen LogP contribution in [0.4, 0.5) is 0 Å². The molecular weight excluding hydrogens is 725 g/mol. The third-order valence-electron chi connectivity index (χ3n) is 9.16. The Morgan fingerprint density at radius 2 is 1.38 bits per heavy atom. The van der Waals surface area contributed by atoms with Gasteiger partial charge in [0, 0.05) is 32.5 Å². The fourth-order valence-electron chi connectivity index (χ4n) is 7.20. The van der Waals surface area contributed by atoms with Crippen molar-refractivity contribution in [1.82, 2.24) is 9.97 Å². The zero-order valence-corrected chi connectivity index (χ0v) is 27.8. The van der Waals surface area contributed by atoms with Gasteiger partial charge in [0.1, 0.15) is 0 Å². The molecule has 3 heteroatoms. The van der Waals surface area contributed by atoms with Gasteiger partial charge in [-0.15, -0.1) is 64.7 Å². The molecule has 45 heavy (non-hydrogen) atoms. The summed E-state index contributed by atoms with van der Waals surface area (Å²) < 4.78 is 0. The van der Waals surface area contributed by atoms with E-state index in [1.807, 2.05) is 48.7 Å². The Hall–Kier alpha value is -4.43. The summed E-state index contributed by atoms with van der Waals surface area (Å²) in [5.41, 5.74) is 15.7. The Morgan fingerprint density at radius 3 is 2.18 bits per heavy atom. The molecule has 2 aromatic heterocycles. The zero-order valence-electron chi connectivity index (χ0n) is 25.4. The van der Waals surface area contributed by atoms with Gasteiger partial charge in [0.25, 0.3) is 0 Å². The van der Waals surface area contributed by atoms with Crippen LogP contribution in [0.3, 0.4) is 0 Å². The topological polar surface area (TPSA) is 25.8 Å². The van der Waals surface area contributed by atoms with Crippen molar-refractivity contribution < 1.29 is 20.1 Å². The average molecular weight is 757 g/mol. The molecular formula is C42H32IrN2-2. The molecule has 1 radical (unpaired) electrons. The predicted octanol–water partition coefficient (Wildman–Crippen LogP) is 9.88. The quantitative estimate of drug-likeness (QED) is 0.130. The van der Waals surface area contributed by atoms with Gasteiger partial charge in [-0.3, -0.25) is 0 Å². The average Bonchev–Trinajstić information content (AvgIpc) is 3.08. The number of aromatic nitrogens is 2. The van der Waals surface area contributed by atoms with Crippen LogP contribution >= 0.6 is 0 Å². The number of aryl methyl sites for hydroxylation is 6. The van der Waals surface area contributed by atoms with E-state index in [4.69, 9.17) is 4.98 Å². The van der Waals surface area contributed by atoms with Gasteiger partial charge in [0.2, 0.25) is 0 Å². The van der Waals surface area contributed by atoms with Gasteiger partial charge < -0.3 is 9.97 Å². The Balaban J connectivity index is 0.000000211. The second kappa shape index (κ2) is 12.2. The molecule has 0 atom stereocenters. The molecule has 0 saturated heterocycles. The van der Waals surface area contributed by atoms with Crippen LogP contribution in [-0.4, -0.2) is 9.97 Å². The first kappa shape index (κ1) is 29.3. The van der Waals surface area contributed by atoms with Crippen molar-refractivity contribution in [2.45, 2.75) is 39.5 Å². The summed E-state index contributed by atoms with van der Waals surface area (Å²) in [6.07, 6.45) is 8.18. The second-order valence-electron chi connectivity index (χ2n) is 12.0. The first-order valence-electron chi connectivity index (χ1n) is 15.5. The molecule has 2 aliphatic rings. The van der Waals surface area contributed by atoms with Gasteiger partial charge in [-0.25, -0.2) is 0 Å². The summed E-state index contributed by atoms with van der Waals surface area (Å²) in [4.78, 5) is 9.10. The minimum Gasteiger partial charge on any atom is -0.305 e. The van der Waals surface area contributed by atoms with Crippen LogP contribution < -0.4 is 0 Å². The summed E-state index contributed by atoms with van der Waals surface area (Å²) in [6.45, 7) is 4.39. The molecule has 0 bridgehead atoms. The molecule has 2 nitrogen and oxygen atoms in total. The number of fused-ring (bicyclic) bond motifs is 3. The summed E-state index contributed by atoms with van der Waals surface area (Å²) in [5.74, 6) is 0. The molecule has 0 fully saturated rings. The van der Waals surface area contributed by atoms with Crippen molar-refractivity contribution in [2.75, 3.05) is 0 Å². The molecule has 0 unspecified atom stereocenters. The summed E-state index contributed by atoms with van der Waals surface area (Å²) >= 11 is 0. The SMILES string of the molecule is Cc1cc(C)c2ccc3c(-c4[c-]c5c6c(c4)CCc4cccc(c4-6)CC5)nccc3c2c1.[Ir].[c-]1ccccc1-c1ccccn1. The molecule has 2 heterocycles. The van der Waals surface area contributed by atoms with Gasteiger partial charge in [-0.2, -0.15) is 0 Å². The smallest absolute Gasteiger partial charge is 0.0167 e. The van der Waals surface area contributed by atoms with Crippen LogP contribution in [0.5, 0.6) is 0 Å². The molecule has 0 N–H and O–H groups in total. The van der Waals surface area contributed by atoms with Crippen LogP contribution in [0.25, 0.3) is 55.2 Å². The van der Waals surface area contributed by atoms with Crippen LogP contribution in [0, 0.1) is 26.0 Å². The fourth-order valence-corrected chi connectivity index (χ4v) is 7.20. The fraction of sp³-hybridized carbons (Fsp3) is 0.143. The van der Waals surface area contributed by atoms with Crippen molar-refractivity contribution in [3.63, 3.8) is 0 Å². The van der Waals surface area contributed by atoms with Gasteiger partial charge >= 0.3 is 0 Å². The van der Waals surface area contributed by atoms with E-state index in [0.717, 1.165) is 48.2 Å². The van der Waals surface area contributed by atoms with E-state index in [-0.39, 0.29) is 20.1 Å². The predicted molar refractivity (Wildman–Crippen MR) is 182 cm³/mol. The number of hydrogen-bond acceptors (Lipinski definition) is 2. The first-order chi connectivity index (χ1) is 21.6. The van der Waals surface area contributed by atoms with Crippen LogP contribution in [0.2, 0.25) is 0 Å². The van der Waals surface area contributed by atoms with Gasteiger partial charge in [-0.05, 0) is 101 Å². The molecule has 0 spiro atoms. The van der Waals surface area contributed by atoms with Crippen molar-refractivity contribution in [1.29, 1.82) is 0 Å². The molecule has 0 saturated carbocycles. The number of rotatable bonds is 2. The van der Waals surface area contributed by atoms with Crippen LogP contribution in [0.15, 0.2) is 109 Å². The van der Waals surface area contributed by atoms with Crippen molar-refractivity contribution in [3.05, 3.63) is 155 Å². The minimum absolute atomic E-state index is 0. The number of hydrogen-bond donors (Lipinski definition) is 0. The molecule has 5 aromatic carbocycles. The Labute approximate surface area is 278 Å². The van der Waals surface area contributed by atoms with Crippen molar-refractivity contribution in [2.24, 2.45) is 0 Å². The van der Waals surface area contributed by atoms with E-state index >= 15 is 0 Å². The summed E-state index contributed by atoms with van der Waals surface area (Å²) in [7, 11) is 0. The van der Waals surface area contributed by atoms with Crippen molar-refractivity contribution >= 4 is 21.5 Å². The maximum absolute atomic E-state index is 4.88. The maximum atomic E-state index is 4.88. The minimum atomic E-state index is 0. The van der Waals surface area contributed by atoms with Gasteiger partial charge in [0.15, 0.2) is 0 Å². The largest absolute Gasteiger partial charge is 0.305 e. The van der Waals surface area contributed by atoms with E-state index in [1.54, 1.807) is 6.20 Å². The molecule has 7 aromatic rings. The second-order valence-corrected chi connectivity index (χ2v) is 12.0. The molecule has 0 aliphatic heterocycles. The third kappa shape index (κ3) is 5.31. The zero-order chi connectivity index (χ0) is 29.6. The number of benzene rings is 5. The number of nitrogens with zero attached hydrogens (tertiary/aromatic N) is 2. The van der Waals surface area contributed by atoms with Gasteiger partial charge in [-0.1, -0.05) is 71.3 Å². The maximum Gasteiger partial charge on any atom is 0.0167 e. The van der Waals surface area contributed by atoms with E-state index in [1.165, 1.54) is 66.1 Å². The molecule has 221 valence electrons. The third-order valence-corrected chi connectivity index (χ3v) is 9.16. The van der Waals surface area contributed by atoms with Crippen LogP contribution in [-0.2, 0) is 45.8 Å². The molecule has 2 aliphatic carbocycles. The first-order valence-corrected chi connectivity index (χ1v) is 15.5. The summed E-state index contributed by atoms with van der Waals surface area (Å²) in [5, 5.41) is 5.16. The van der Waals surface area contributed by atoms with Crippen LogP contribution in [0.1, 0.15) is 33.4 Å². The van der Waals surface area contributed by atoms with E-state index < -0.39 is 0 Å². The molecule has 0 amide bonds. The summed E-state index contributed by atoms with van der Waals surface area (Å²) in [6, 6.07) is 41.1. The van der Waals surface area contributed by atoms with E-state index in [2.05, 4.69) is 85.6 Å². The Morgan fingerprint density at radius 1 is 0.578 bits per heavy atom. The monoisotopic (exact) mass is 757 g/mol. The number of pyridine rings is 2.